The second-order valence-corrected chi connectivity index (χ2v) is 19.0. The van der Waals surface area contributed by atoms with Crippen molar-refractivity contribution in [1.82, 2.24) is 42.5 Å². The third-order valence-electron chi connectivity index (χ3n) is 9.48. The molecule has 0 aromatic heterocycles. The Balaban J connectivity index is 6.03. The van der Waals surface area contributed by atoms with Crippen molar-refractivity contribution >= 4 is 78.5 Å². The van der Waals surface area contributed by atoms with E-state index in [1.54, 1.807) is 13.8 Å². The van der Waals surface area contributed by atoms with Crippen LogP contribution >= 0.6 is 25.3 Å². The summed E-state index contributed by atoms with van der Waals surface area (Å²) in [6.07, 6.45) is 0.935. The molecule has 0 heterocycles. The molecule has 21 heteroatoms. The summed E-state index contributed by atoms with van der Waals surface area (Å²) in [6, 6.07) is -10.1. The third-order valence-corrected chi connectivity index (χ3v) is 10.2. The lowest BCUT2D eigenvalue weighted by atomic mass is 9.99. The van der Waals surface area contributed by atoms with Crippen LogP contribution in [0.4, 0.5) is 0 Å². The minimum absolute atomic E-state index is 0.0198. The highest BCUT2D eigenvalue weighted by Crippen LogP contribution is 2.12. The van der Waals surface area contributed by atoms with Gasteiger partial charge in [-0.3, -0.25) is 38.4 Å². The van der Waals surface area contributed by atoms with Gasteiger partial charge in [0.25, 0.3) is 0 Å². The number of carboxylic acid groups (broad SMARTS) is 1. The Morgan fingerprint density at radius 3 is 0.857 bits per heavy atom. The lowest BCUT2D eigenvalue weighted by molar-refractivity contribution is -0.142. The maximum atomic E-state index is 13.7. The average Bonchev–Trinajstić information content (AvgIpc) is 3.15. The Morgan fingerprint density at radius 1 is 0.365 bits per heavy atom. The largest absolute Gasteiger partial charge is 0.480 e. The molecular weight excluding hydrogens is 855 g/mol. The first-order chi connectivity index (χ1) is 29.1. The van der Waals surface area contributed by atoms with Crippen molar-refractivity contribution in [2.45, 2.75) is 170 Å². The number of carbonyl (C=O) groups excluding carboxylic acids is 8. The maximum absolute atomic E-state index is 13.7. The third kappa shape index (κ3) is 23.4. The van der Waals surface area contributed by atoms with Crippen molar-refractivity contribution in [1.29, 1.82) is 0 Å². The predicted octanol–water partition coefficient (Wildman–Crippen LogP) is 0.407. The number of carboxylic acids is 1. The summed E-state index contributed by atoms with van der Waals surface area (Å²) < 4.78 is 0. The van der Waals surface area contributed by atoms with Crippen molar-refractivity contribution in [2.24, 2.45) is 35.3 Å². The van der Waals surface area contributed by atoms with Crippen molar-refractivity contribution in [3.8, 4) is 0 Å². The first kappa shape index (κ1) is 58.9. The average molecular weight is 932 g/mol. The Morgan fingerprint density at radius 2 is 0.587 bits per heavy atom. The van der Waals surface area contributed by atoms with E-state index in [1.165, 1.54) is 13.8 Å². The molecule has 0 fully saturated rings. The van der Waals surface area contributed by atoms with Gasteiger partial charge in [0.2, 0.25) is 47.3 Å². The van der Waals surface area contributed by atoms with Crippen LogP contribution in [0.1, 0.15) is 115 Å². The minimum atomic E-state index is -1.28. The highest BCUT2D eigenvalue weighted by Gasteiger charge is 2.34. The lowest BCUT2D eigenvalue weighted by Crippen LogP contribution is -2.60. The van der Waals surface area contributed by atoms with Crippen molar-refractivity contribution in [3.05, 3.63) is 0 Å². The van der Waals surface area contributed by atoms with Crippen LogP contribution in [0.3, 0.4) is 0 Å². The number of hydrogen-bond donors (Lipinski definition) is 12. The van der Waals surface area contributed by atoms with E-state index in [1.807, 2.05) is 55.4 Å². The van der Waals surface area contributed by atoms with Gasteiger partial charge in [-0.15, -0.1) is 0 Å². The van der Waals surface area contributed by atoms with Gasteiger partial charge >= 0.3 is 5.97 Å². The maximum Gasteiger partial charge on any atom is 0.326 e. The number of amides is 8. The molecule has 63 heavy (non-hydrogen) atoms. The Hall–Kier alpha value is -4.11. The number of rotatable bonds is 29. The number of nitrogens with one attached hydrogen (secondary N) is 8. The summed E-state index contributed by atoms with van der Waals surface area (Å²) in [6.45, 7) is 21.3. The molecule has 0 aromatic carbocycles. The smallest absolute Gasteiger partial charge is 0.326 e. The van der Waals surface area contributed by atoms with Gasteiger partial charge in [-0.25, -0.2) is 4.79 Å². The molecule has 0 rings (SSSR count). The fourth-order valence-corrected chi connectivity index (χ4v) is 6.75. The van der Waals surface area contributed by atoms with Crippen LogP contribution in [0.5, 0.6) is 0 Å². The normalized spacial score (nSPS) is 15.8. The van der Waals surface area contributed by atoms with Gasteiger partial charge in [-0.05, 0) is 75.5 Å². The molecule has 0 aliphatic carbocycles. The van der Waals surface area contributed by atoms with Crippen LogP contribution in [-0.2, 0) is 43.2 Å². The molecule has 0 bridgehead atoms. The summed E-state index contributed by atoms with van der Waals surface area (Å²) >= 11 is 8.44. The van der Waals surface area contributed by atoms with E-state index in [0.717, 1.165) is 0 Å². The highest BCUT2D eigenvalue weighted by atomic mass is 32.1. The molecule has 9 atom stereocenters. The molecule has 0 spiro atoms. The molecular formula is C42H77N9O10S2. The van der Waals surface area contributed by atoms with E-state index >= 15 is 0 Å². The van der Waals surface area contributed by atoms with Crippen LogP contribution in [0.15, 0.2) is 0 Å². The molecule has 0 radical (unpaired) electrons. The quantitative estimate of drug-likeness (QED) is 0.0456. The fraction of sp³-hybridized carbons (Fsp3) is 0.786. The fourth-order valence-electron chi connectivity index (χ4n) is 6.23. The molecule has 19 nitrogen and oxygen atoms in total. The van der Waals surface area contributed by atoms with Gasteiger partial charge in [-0.2, -0.15) is 25.3 Å². The van der Waals surface area contributed by atoms with Gasteiger partial charge in [0.1, 0.15) is 48.3 Å². The summed E-state index contributed by atoms with van der Waals surface area (Å²) in [5.41, 5.74) is 5.70. The summed E-state index contributed by atoms with van der Waals surface area (Å²) in [5, 5.41) is 30.4. The Kier molecular flexibility index (Phi) is 27.4. The second kappa shape index (κ2) is 29.4. The number of aliphatic carboxylic acids is 1. The molecule has 8 amide bonds. The van der Waals surface area contributed by atoms with Crippen LogP contribution < -0.4 is 48.3 Å². The summed E-state index contributed by atoms with van der Waals surface area (Å²) in [7, 11) is 0. The van der Waals surface area contributed by atoms with Crippen molar-refractivity contribution in [3.63, 3.8) is 0 Å². The zero-order chi connectivity index (χ0) is 48.9. The van der Waals surface area contributed by atoms with Crippen LogP contribution in [0, 0.1) is 29.6 Å². The monoisotopic (exact) mass is 932 g/mol. The molecule has 0 aliphatic rings. The molecule has 0 saturated heterocycles. The predicted molar refractivity (Wildman–Crippen MR) is 247 cm³/mol. The summed E-state index contributed by atoms with van der Waals surface area (Å²) in [5.74, 6) is -7.38. The molecule has 0 aliphatic heterocycles. The van der Waals surface area contributed by atoms with Crippen LogP contribution in [-0.4, -0.2) is 124 Å². The highest BCUT2D eigenvalue weighted by molar-refractivity contribution is 7.80. The van der Waals surface area contributed by atoms with Crippen LogP contribution in [0.2, 0.25) is 0 Å². The number of thiol groups is 2. The van der Waals surface area contributed by atoms with E-state index in [4.69, 9.17) is 5.73 Å². The Bertz CT molecular complexity index is 1550. The van der Waals surface area contributed by atoms with E-state index in [0.29, 0.717) is 0 Å². The van der Waals surface area contributed by atoms with Crippen molar-refractivity contribution in [2.75, 3.05) is 11.5 Å². The molecule has 0 saturated carbocycles. The van der Waals surface area contributed by atoms with Gasteiger partial charge in [0, 0.05) is 11.5 Å². The zero-order valence-electron chi connectivity index (χ0n) is 39.1. The zero-order valence-corrected chi connectivity index (χ0v) is 40.9. The number of carbonyl (C=O) groups is 9. The molecule has 0 unspecified atom stereocenters. The molecule has 11 N–H and O–H groups in total. The molecule has 0 aromatic rings. The number of nitrogens with two attached hydrogens (primary N) is 1. The SMILES string of the molecule is CC(C)C[C@H](NC(=O)[C@H](CS)NC(=O)[C@H](CC(C)C)NC(=O)[C@H](CS)NC(=O)[C@H](CC(C)C)NC(=O)[C@H](C)NC(=O)[C@H](CC(C)C)NC(=O)[C@H](CC(C)C)NC(=O)[C@H](C)N)C(=O)O. The van der Waals surface area contributed by atoms with Gasteiger partial charge < -0.3 is 53.4 Å². The topological polar surface area (TPSA) is 296 Å². The standard InChI is InChI=1S/C42H77N9O10S2/c1-20(2)13-27(47-37(55)28(14-21(3)4)45-34(52)25(11)43)36(54)44-26(12)35(53)46-29(15-22(5)6)38(56)50-32(18-62)40(58)48-30(16-23(7)8)39(57)51-33(19-63)41(59)49-31(42(60)61)17-24(9)10/h20-33,62-63H,13-19,43H2,1-12H3,(H,44,54)(H,45,52)(H,46,53)(H,47,55)(H,48,58)(H,49,59)(H,50,56)(H,51,57)(H,60,61)/t25-,26-,27-,28-,29-,30-,31-,32-,33-/m0/s1. The first-order valence-electron chi connectivity index (χ1n) is 21.8. The van der Waals surface area contributed by atoms with E-state index < -0.39 is 108 Å². The van der Waals surface area contributed by atoms with Gasteiger partial charge in [0.15, 0.2) is 0 Å². The molecule has 362 valence electrons. The Labute approximate surface area is 384 Å². The van der Waals surface area contributed by atoms with E-state index in [9.17, 15) is 48.3 Å². The van der Waals surface area contributed by atoms with Gasteiger partial charge in [-0.1, -0.05) is 69.2 Å². The van der Waals surface area contributed by atoms with E-state index in [2.05, 4.69) is 67.8 Å². The van der Waals surface area contributed by atoms with E-state index in [-0.39, 0.29) is 73.2 Å². The minimum Gasteiger partial charge on any atom is -0.480 e. The number of hydrogen-bond acceptors (Lipinski definition) is 12. The lowest BCUT2D eigenvalue weighted by Gasteiger charge is -2.28. The van der Waals surface area contributed by atoms with Crippen molar-refractivity contribution < 1.29 is 48.3 Å². The van der Waals surface area contributed by atoms with Crippen LogP contribution in [0.25, 0.3) is 0 Å². The second-order valence-electron chi connectivity index (χ2n) is 18.3. The summed E-state index contributed by atoms with van der Waals surface area (Å²) in [4.78, 5) is 118. The first-order valence-corrected chi connectivity index (χ1v) is 23.0. The van der Waals surface area contributed by atoms with Gasteiger partial charge in [0.05, 0.1) is 6.04 Å².